The molecule has 0 aliphatic rings. The van der Waals surface area contributed by atoms with Crippen molar-refractivity contribution in [1.82, 2.24) is 0 Å². The highest BCUT2D eigenvalue weighted by molar-refractivity contribution is 6.02. The van der Waals surface area contributed by atoms with Crippen LogP contribution in [0.1, 0.15) is 116 Å². The Hall–Kier alpha value is -3.27. The van der Waals surface area contributed by atoms with E-state index in [1.165, 1.54) is 18.2 Å². The minimum absolute atomic E-state index is 0.163. The molecule has 212 valence electrons. The first-order chi connectivity index (χ1) is 17.5. The molecule has 2 rings (SSSR count). The summed E-state index contributed by atoms with van der Waals surface area (Å²) in [6.45, 7) is 24.6. The Bertz CT molecular complexity index is 1240. The molecule has 0 radical (unpaired) electrons. The van der Waals surface area contributed by atoms with Crippen LogP contribution in [0.25, 0.3) is 12.2 Å². The molecule has 0 heterocycles. The van der Waals surface area contributed by atoms with E-state index in [0.29, 0.717) is 11.5 Å². The van der Waals surface area contributed by atoms with Crippen molar-refractivity contribution in [3.05, 3.63) is 81.6 Å². The van der Waals surface area contributed by atoms with E-state index < -0.39 is 0 Å². The van der Waals surface area contributed by atoms with Gasteiger partial charge in [0.15, 0.2) is 5.78 Å². The molecule has 0 fully saturated rings. The lowest BCUT2D eigenvalue weighted by Crippen LogP contribution is -2.17. The van der Waals surface area contributed by atoms with Crippen molar-refractivity contribution >= 4 is 17.9 Å². The second-order valence-corrected chi connectivity index (χ2v) is 14.6. The van der Waals surface area contributed by atoms with Crippen molar-refractivity contribution in [3.8, 4) is 11.5 Å². The Morgan fingerprint density at radius 1 is 0.564 bits per heavy atom. The molecule has 39 heavy (non-hydrogen) atoms. The normalized spacial score (nSPS) is 14.0. The summed E-state index contributed by atoms with van der Waals surface area (Å²) in [5.74, 6) is 0.0745. The van der Waals surface area contributed by atoms with Crippen molar-refractivity contribution in [3.63, 3.8) is 0 Å². The molecule has 0 aromatic heterocycles. The van der Waals surface area contributed by atoms with Gasteiger partial charge in [0, 0.05) is 28.3 Å². The molecule has 0 aliphatic heterocycles. The topological polar surface area (TPSA) is 77.8 Å². The molecule has 0 spiro atoms. The molecule has 0 atom stereocenters. The maximum Gasteiger partial charge on any atom is 0.182 e. The summed E-state index contributed by atoms with van der Waals surface area (Å²) in [4.78, 5) is 12.6. The molecule has 3 N–H and O–H groups in total. The van der Waals surface area contributed by atoms with Crippen molar-refractivity contribution in [2.75, 3.05) is 0 Å². The molecule has 4 nitrogen and oxygen atoms in total. The molecule has 0 unspecified atom stereocenters. The van der Waals surface area contributed by atoms with Crippen LogP contribution in [-0.2, 0) is 26.5 Å². The fourth-order valence-corrected chi connectivity index (χ4v) is 4.39. The highest BCUT2D eigenvalue weighted by Gasteiger charge is 2.27. The van der Waals surface area contributed by atoms with Gasteiger partial charge in [-0.25, -0.2) is 0 Å². The van der Waals surface area contributed by atoms with Crippen LogP contribution < -0.4 is 0 Å². The number of hydrogen-bond donors (Lipinski definition) is 3. The average molecular weight is 533 g/mol. The van der Waals surface area contributed by atoms with Gasteiger partial charge in [-0.2, -0.15) is 0 Å². The van der Waals surface area contributed by atoms with Crippen LogP contribution in [0.4, 0.5) is 0 Å². The van der Waals surface area contributed by atoms with Crippen LogP contribution in [0.5, 0.6) is 11.5 Å². The lowest BCUT2D eigenvalue weighted by Gasteiger charge is -2.27. The third-order valence-electron chi connectivity index (χ3n) is 6.67. The fourth-order valence-electron chi connectivity index (χ4n) is 4.39. The number of carbonyl (C=O) groups excluding carboxylic acids is 1. The van der Waals surface area contributed by atoms with Crippen molar-refractivity contribution in [1.29, 1.82) is 0 Å². The van der Waals surface area contributed by atoms with Gasteiger partial charge in [0.2, 0.25) is 0 Å². The number of aliphatic hydroxyl groups is 1. The lowest BCUT2D eigenvalue weighted by atomic mass is 9.78. The summed E-state index contributed by atoms with van der Waals surface area (Å²) in [7, 11) is 0. The molecule has 0 amide bonds. The number of hydrogen-bond acceptors (Lipinski definition) is 4. The van der Waals surface area contributed by atoms with E-state index in [2.05, 4.69) is 0 Å². The van der Waals surface area contributed by atoms with E-state index in [9.17, 15) is 20.1 Å². The van der Waals surface area contributed by atoms with Gasteiger partial charge in [0.25, 0.3) is 0 Å². The molecule has 0 saturated carbocycles. The maximum atomic E-state index is 12.6. The summed E-state index contributed by atoms with van der Waals surface area (Å²) < 4.78 is 0. The van der Waals surface area contributed by atoms with Crippen molar-refractivity contribution < 1.29 is 20.1 Å². The van der Waals surface area contributed by atoms with Crippen LogP contribution in [0.3, 0.4) is 0 Å². The van der Waals surface area contributed by atoms with Gasteiger partial charge in [-0.05, 0) is 69.2 Å². The van der Waals surface area contributed by atoms with Gasteiger partial charge < -0.3 is 15.3 Å². The van der Waals surface area contributed by atoms with Gasteiger partial charge >= 0.3 is 0 Å². The fraction of sp³-hybridized carbons (Fsp3) is 0.457. The van der Waals surface area contributed by atoms with Gasteiger partial charge in [-0.1, -0.05) is 95.2 Å². The zero-order valence-electron chi connectivity index (χ0n) is 25.9. The maximum absolute atomic E-state index is 12.6. The van der Waals surface area contributed by atoms with Crippen molar-refractivity contribution in [2.45, 2.75) is 105 Å². The summed E-state index contributed by atoms with van der Waals surface area (Å²) in [5.41, 5.74) is 3.88. The number of rotatable bonds is 5. The molecule has 0 bridgehead atoms. The third-order valence-corrected chi connectivity index (χ3v) is 6.67. The summed E-state index contributed by atoms with van der Waals surface area (Å²) in [6, 6.07) is 7.64. The molecule has 2 aromatic rings. The molecule has 4 heteroatoms. The second kappa shape index (κ2) is 11.1. The number of carbonyl (C=O) groups is 1. The number of aromatic hydroxyl groups is 2. The summed E-state index contributed by atoms with van der Waals surface area (Å²) >= 11 is 0. The van der Waals surface area contributed by atoms with Gasteiger partial charge in [-0.3, -0.25) is 4.79 Å². The van der Waals surface area contributed by atoms with Crippen LogP contribution in [0.2, 0.25) is 0 Å². The lowest BCUT2D eigenvalue weighted by molar-refractivity contribution is -0.110. The van der Waals surface area contributed by atoms with E-state index in [1.54, 1.807) is 12.2 Å². The zero-order valence-corrected chi connectivity index (χ0v) is 25.9. The van der Waals surface area contributed by atoms with E-state index in [1.807, 2.05) is 107 Å². The first-order valence-electron chi connectivity index (χ1n) is 13.6. The minimum Gasteiger partial charge on any atom is -0.508 e. The van der Waals surface area contributed by atoms with E-state index in [-0.39, 0.29) is 33.2 Å². The summed E-state index contributed by atoms with van der Waals surface area (Å²) in [6.07, 6.45) is 7.56. The monoisotopic (exact) mass is 532 g/mol. The number of phenols is 2. The highest BCUT2D eigenvalue weighted by atomic mass is 16.3. The standard InChI is InChI=1S/C35H48O4/c1-32(2,3)26-17-22(18-27(30(26)38)33(4,5)6)13-15-24(36)21-25(37)16-14-23-19-28(34(7,8)9)31(39)29(20-23)35(10,11)12/h13-21,36,38-39H,1-12H3/b15-13+,16-14+,24-21-. The van der Waals surface area contributed by atoms with Crippen LogP contribution in [0, 0.1) is 0 Å². The number of ketones is 1. The summed E-state index contributed by atoms with van der Waals surface area (Å²) in [5, 5.41) is 32.3. The van der Waals surface area contributed by atoms with Crippen LogP contribution in [0.15, 0.2) is 48.3 Å². The van der Waals surface area contributed by atoms with E-state index in [0.717, 1.165) is 33.4 Å². The van der Waals surface area contributed by atoms with E-state index in [4.69, 9.17) is 0 Å². The Morgan fingerprint density at radius 3 is 1.13 bits per heavy atom. The molecular weight excluding hydrogens is 484 g/mol. The average Bonchev–Trinajstić information content (AvgIpc) is 2.74. The van der Waals surface area contributed by atoms with Crippen LogP contribution >= 0.6 is 0 Å². The third kappa shape index (κ3) is 8.36. The first kappa shape index (κ1) is 31.9. The van der Waals surface area contributed by atoms with Gasteiger partial charge in [-0.15, -0.1) is 0 Å². The highest BCUT2D eigenvalue weighted by Crippen LogP contribution is 2.41. The number of benzene rings is 2. The SMILES string of the molecule is CC(C)(C)c1cc(/C=C/C(=O)/C=C(O)/C=C/c2cc(C(C)(C)C)c(O)c(C(C)(C)C)c2)cc(C(C)(C)C)c1O. The minimum atomic E-state index is -0.351. The number of aliphatic hydroxyl groups excluding tert-OH is 1. The molecular formula is C35H48O4. The van der Waals surface area contributed by atoms with Crippen molar-refractivity contribution in [2.24, 2.45) is 0 Å². The molecule has 2 aromatic carbocycles. The van der Waals surface area contributed by atoms with Gasteiger partial charge in [0.05, 0.1) is 0 Å². The Labute approximate surface area is 235 Å². The molecule has 0 saturated heterocycles. The zero-order chi connectivity index (χ0) is 30.1. The Balaban J connectivity index is 2.39. The number of phenolic OH excluding ortho intramolecular Hbond substituents is 2. The van der Waals surface area contributed by atoms with Gasteiger partial charge in [0.1, 0.15) is 17.3 Å². The second-order valence-electron chi connectivity index (χ2n) is 14.6. The quantitative estimate of drug-likeness (QED) is 0.204. The predicted molar refractivity (Wildman–Crippen MR) is 165 cm³/mol. The largest absolute Gasteiger partial charge is 0.508 e. The smallest absolute Gasteiger partial charge is 0.182 e. The number of allylic oxidation sites excluding steroid dienone is 3. The van der Waals surface area contributed by atoms with E-state index >= 15 is 0 Å². The van der Waals surface area contributed by atoms with Crippen LogP contribution in [-0.4, -0.2) is 21.1 Å². The first-order valence-corrected chi connectivity index (χ1v) is 13.6. The Morgan fingerprint density at radius 2 is 0.846 bits per heavy atom. The predicted octanol–water partition coefficient (Wildman–Crippen LogP) is 9.03. The molecule has 0 aliphatic carbocycles. The Kier molecular flexibility index (Phi) is 9.07.